The molecule has 1 N–H and O–H groups in total. The number of aromatic nitrogens is 4. The summed E-state index contributed by atoms with van der Waals surface area (Å²) in [5.41, 5.74) is 3.72. The van der Waals surface area contributed by atoms with Crippen molar-refractivity contribution in [3.63, 3.8) is 0 Å². The molecule has 0 unspecified atom stereocenters. The molecule has 0 fully saturated rings. The normalized spacial score (nSPS) is 11.0. The number of nitrogens with one attached hydrogen (secondary N) is 1. The second-order valence-corrected chi connectivity index (χ2v) is 5.78. The number of halogens is 1. The third kappa shape index (κ3) is 2.94. The summed E-state index contributed by atoms with van der Waals surface area (Å²) < 4.78 is 15.9. The van der Waals surface area contributed by atoms with Crippen LogP contribution in [0.2, 0.25) is 0 Å². The van der Waals surface area contributed by atoms with Crippen LogP contribution in [0.1, 0.15) is 11.1 Å². The molecular weight excluding hydrogens is 317 g/mol. The molecule has 0 aliphatic carbocycles. The lowest BCUT2D eigenvalue weighted by molar-refractivity contribution is 0.630. The van der Waals surface area contributed by atoms with E-state index in [2.05, 4.69) is 20.4 Å². The summed E-state index contributed by atoms with van der Waals surface area (Å²) in [6.07, 6.45) is 5.29. The molecule has 0 bridgehead atoms. The highest BCUT2D eigenvalue weighted by atomic mass is 19.1. The Morgan fingerprint density at radius 2 is 2.00 bits per heavy atom. The number of hydrogen-bond acceptors (Lipinski definition) is 4. The van der Waals surface area contributed by atoms with Crippen molar-refractivity contribution in [2.24, 2.45) is 0 Å². The van der Waals surface area contributed by atoms with E-state index in [-0.39, 0.29) is 5.82 Å². The van der Waals surface area contributed by atoms with Crippen molar-refractivity contribution in [2.45, 2.75) is 13.5 Å². The molecular formula is C19H16FN5. The smallest absolute Gasteiger partial charge is 0.160 e. The molecule has 3 heterocycles. The molecule has 6 heteroatoms. The van der Waals surface area contributed by atoms with Crippen molar-refractivity contribution >= 4 is 11.5 Å². The molecule has 25 heavy (non-hydrogen) atoms. The highest BCUT2D eigenvalue weighted by molar-refractivity contribution is 5.68. The van der Waals surface area contributed by atoms with E-state index in [1.54, 1.807) is 41.3 Å². The molecule has 0 saturated heterocycles. The number of hydrogen-bond donors (Lipinski definition) is 1. The Balaban J connectivity index is 1.78. The van der Waals surface area contributed by atoms with Gasteiger partial charge in [0.15, 0.2) is 5.65 Å². The molecule has 0 amide bonds. The van der Waals surface area contributed by atoms with Gasteiger partial charge in [-0.15, -0.1) is 0 Å². The van der Waals surface area contributed by atoms with Crippen molar-refractivity contribution in [3.05, 3.63) is 78.0 Å². The molecule has 0 atom stereocenters. The summed E-state index contributed by atoms with van der Waals surface area (Å²) in [4.78, 5) is 8.71. The Kier molecular flexibility index (Phi) is 3.85. The number of rotatable bonds is 4. The van der Waals surface area contributed by atoms with Gasteiger partial charge in [0, 0.05) is 36.1 Å². The maximum Gasteiger partial charge on any atom is 0.160 e. The fraction of sp³-hybridized carbons (Fsp3) is 0.105. The highest BCUT2D eigenvalue weighted by Crippen LogP contribution is 2.25. The summed E-state index contributed by atoms with van der Waals surface area (Å²) in [7, 11) is 0. The first-order valence-corrected chi connectivity index (χ1v) is 7.95. The van der Waals surface area contributed by atoms with Crippen LogP contribution < -0.4 is 5.32 Å². The van der Waals surface area contributed by atoms with E-state index in [0.717, 1.165) is 16.9 Å². The lowest BCUT2D eigenvalue weighted by atomic mass is 10.1. The summed E-state index contributed by atoms with van der Waals surface area (Å²) in [6, 6.07) is 12.3. The van der Waals surface area contributed by atoms with Crippen LogP contribution in [0, 0.1) is 12.7 Å². The van der Waals surface area contributed by atoms with Gasteiger partial charge in [0.2, 0.25) is 0 Å². The average molecular weight is 333 g/mol. The lowest BCUT2D eigenvalue weighted by Gasteiger charge is -2.11. The monoisotopic (exact) mass is 333 g/mol. The molecule has 3 aromatic heterocycles. The van der Waals surface area contributed by atoms with E-state index >= 15 is 0 Å². The van der Waals surface area contributed by atoms with E-state index in [1.165, 1.54) is 6.07 Å². The molecule has 0 radical (unpaired) electrons. The second kappa shape index (κ2) is 6.32. The average Bonchev–Trinajstić information content (AvgIpc) is 3.02. The summed E-state index contributed by atoms with van der Waals surface area (Å²) in [6.45, 7) is 2.52. The quantitative estimate of drug-likeness (QED) is 0.616. The fourth-order valence-corrected chi connectivity index (χ4v) is 2.70. The van der Waals surface area contributed by atoms with Gasteiger partial charge in [-0.1, -0.05) is 18.2 Å². The van der Waals surface area contributed by atoms with Crippen molar-refractivity contribution in [1.82, 2.24) is 19.6 Å². The maximum absolute atomic E-state index is 14.2. The number of fused-ring (bicyclic) bond motifs is 1. The summed E-state index contributed by atoms with van der Waals surface area (Å²) in [5, 5.41) is 7.71. The SMILES string of the molecule is Cc1cnn2c(NCc3cccnc3)cc(-c3ccccc3F)nc12. The number of pyridine rings is 1. The van der Waals surface area contributed by atoms with Crippen LogP contribution in [0.15, 0.2) is 61.1 Å². The van der Waals surface area contributed by atoms with Gasteiger partial charge in [0.1, 0.15) is 11.6 Å². The number of anilines is 1. The maximum atomic E-state index is 14.2. The van der Waals surface area contributed by atoms with Crippen LogP contribution in [-0.4, -0.2) is 19.6 Å². The molecule has 4 rings (SSSR count). The third-order valence-electron chi connectivity index (χ3n) is 3.99. The van der Waals surface area contributed by atoms with Gasteiger partial charge in [0.25, 0.3) is 0 Å². The van der Waals surface area contributed by atoms with Gasteiger partial charge >= 0.3 is 0 Å². The first-order valence-electron chi connectivity index (χ1n) is 7.95. The second-order valence-electron chi connectivity index (χ2n) is 5.78. The van der Waals surface area contributed by atoms with Gasteiger partial charge in [-0.25, -0.2) is 9.37 Å². The Morgan fingerprint density at radius 3 is 2.80 bits per heavy atom. The minimum atomic E-state index is -0.297. The van der Waals surface area contributed by atoms with E-state index in [1.807, 2.05) is 25.1 Å². The van der Waals surface area contributed by atoms with Crippen LogP contribution >= 0.6 is 0 Å². The molecule has 124 valence electrons. The topological polar surface area (TPSA) is 55.1 Å². The Labute approximate surface area is 144 Å². The summed E-state index contributed by atoms with van der Waals surface area (Å²) in [5.74, 6) is 0.454. The first-order chi connectivity index (χ1) is 12.2. The van der Waals surface area contributed by atoms with E-state index in [4.69, 9.17) is 0 Å². The molecule has 5 nitrogen and oxygen atoms in total. The minimum absolute atomic E-state index is 0.297. The van der Waals surface area contributed by atoms with Gasteiger partial charge in [0.05, 0.1) is 11.9 Å². The zero-order valence-corrected chi connectivity index (χ0v) is 13.6. The molecule has 4 aromatic rings. The van der Waals surface area contributed by atoms with Gasteiger partial charge in [-0.05, 0) is 30.7 Å². The fourth-order valence-electron chi connectivity index (χ4n) is 2.70. The van der Waals surface area contributed by atoms with Crippen LogP contribution in [0.4, 0.5) is 10.2 Å². The number of aryl methyl sites for hydroxylation is 1. The molecule has 0 aliphatic rings. The molecule has 1 aromatic carbocycles. The largest absolute Gasteiger partial charge is 0.366 e. The Bertz CT molecular complexity index is 1030. The molecule has 0 spiro atoms. The van der Waals surface area contributed by atoms with E-state index < -0.39 is 0 Å². The summed E-state index contributed by atoms with van der Waals surface area (Å²) >= 11 is 0. The standard InChI is InChI=1S/C19H16FN5/c1-13-10-23-25-18(22-12-14-5-4-8-21-11-14)9-17(24-19(13)25)15-6-2-3-7-16(15)20/h2-11,22H,12H2,1H3. The lowest BCUT2D eigenvalue weighted by Crippen LogP contribution is -2.07. The van der Waals surface area contributed by atoms with Gasteiger partial charge in [-0.3, -0.25) is 4.98 Å². The van der Waals surface area contributed by atoms with Gasteiger partial charge in [-0.2, -0.15) is 9.61 Å². The highest BCUT2D eigenvalue weighted by Gasteiger charge is 2.13. The minimum Gasteiger partial charge on any atom is -0.366 e. The van der Waals surface area contributed by atoms with E-state index in [9.17, 15) is 4.39 Å². The van der Waals surface area contributed by atoms with E-state index in [0.29, 0.717) is 23.4 Å². The van der Waals surface area contributed by atoms with Crippen molar-refractivity contribution in [1.29, 1.82) is 0 Å². The van der Waals surface area contributed by atoms with Crippen LogP contribution in [0.25, 0.3) is 16.9 Å². The molecule has 0 aliphatic heterocycles. The van der Waals surface area contributed by atoms with Crippen molar-refractivity contribution in [3.8, 4) is 11.3 Å². The van der Waals surface area contributed by atoms with Crippen molar-refractivity contribution in [2.75, 3.05) is 5.32 Å². The predicted octanol–water partition coefficient (Wildman–Crippen LogP) is 3.85. The first kappa shape index (κ1) is 15.3. The zero-order valence-electron chi connectivity index (χ0n) is 13.6. The van der Waals surface area contributed by atoms with Crippen LogP contribution in [0.3, 0.4) is 0 Å². The third-order valence-corrected chi connectivity index (χ3v) is 3.99. The van der Waals surface area contributed by atoms with Crippen molar-refractivity contribution < 1.29 is 4.39 Å². The predicted molar refractivity (Wildman–Crippen MR) is 94.7 cm³/mol. The van der Waals surface area contributed by atoms with Crippen LogP contribution in [0.5, 0.6) is 0 Å². The Morgan fingerprint density at radius 1 is 1.12 bits per heavy atom. The number of nitrogens with zero attached hydrogens (tertiary/aromatic N) is 4. The molecule has 0 saturated carbocycles. The zero-order chi connectivity index (χ0) is 17.2. The van der Waals surface area contributed by atoms with Gasteiger partial charge < -0.3 is 5.32 Å². The Hall–Kier alpha value is -3.28. The number of benzene rings is 1. The van der Waals surface area contributed by atoms with Crippen LogP contribution in [-0.2, 0) is 6.54 Å².